The van der Waals surface area contributed by atoms with Crippen LogP contribution >= 0.6 is 0 Å². The summed E-state index contributed by atoms with van der Waals surface area (Å²) in [4.78, 5) is 15.3. The Morgan fingerprint density at radius 3 is 2.67 bits per heavy atom. The number of aromatic nitrogens is 3. The molecule has 4 N–H and O–H groups in total. The van der Waals surface area contributed by atoms with Crippen molar-refractivity contribution in [3.05, 3.63) is 60.6 Å². The molecule has 6 heteroatoms. The van der Waals surface area contributed by atoms with E-state index in [-0.39, 0.29) is 5.69 Å². The lowest BCUT2D eigenvalue weighted by atomic mass is 10.1. The van der Waals surface area contributed by atoms with E-state index >= 15 is 0 Å². The van der Waals surface area contributed by atoms with Crippen molar-refractivity contribution in [3.8, 4) is 16.9 Å². The van der Waals surface area contributed by atoms with Crippen molar-refractivity contribution >= 4 is 11.6 Å². The summed E-state index contributed by atoms with van der Waals surface area (Å²) < 4.78 is 1.59. The van der Waals surface area contributed by atoms with Crippen molar-refractivity contribution in [3.63, 3.8) is 0 Å². The van der Waals surface area contributed by atoms with Crippen LogP contribution in [0.3, 0.4) is 0 Å². The number of amides is 1. The molecule has 3 rings (SSSR count). The molecule has 104 valence electrons. The predicted molar refractivity (Wildman–Crippen MR) is 79.7 cm³/mol. The summed E-state index contributed by atoms with van der Waals surface area (Å²) in [5.41, 5.74) is 13.8. The van der Waals surface area contributed by atoms with Gasteiger partial charge in [-0.2, -0.15) is 5.10 Å². The fourth-order valence-corrected chi connectivity index (χ4v) is 2.00. The zero-order valence-corrected chi connectivity index (χ0v) is 11.1. The summed E-state index contributed by atoms with van der Waals surface area (Å²) in [5, 5.41) is 4.25. The summed E-state index contributed by atoms with van der Waals surface area (Å²) in [6.45, 7) is 0. The highest BCUT2D eigenvalue weighted by molar-refractivity contribution is 5.90. The van der Waals surface area contributed by atoms with Crippen LogP contribution in [-0.4, -0.2) is 20.7 Å². The Hall–Kier alpha value is -3.15. The molecule has 21 heavy (non-hydrogen) atoms. The third-order valence-electron chi connectivity index (χ3n) is 3.02. The quantitative estimate of drug-likeness (QED) is 0.711. The highest BCUT2D eigenvalue weighted by atomic mass is 16.1. The van der Waals surface area contributed by atoms with E-state index < -0.39 is 5.91 Å². The summed E-state index contributed by atoms with van der Waals surface area (Å²) in [6, 6.07) is 12.6. The van der Waals surface area contributed by atoms with Gasteiger partial charge in [0, 0.05) is 17.4 Å². The van der Waals surface area contributed by atoms with Gasteiger partial charge in [0.05, 0.1) is 6.20 Å². The van der Waals surface area contributed by atoms with E-state index in [9.17, 15) is 4.79 Å². The van der Waals surface area contributed by atoms with Crippen LogP contribution in [0.15, 0.2) is 54.9 Å². The van der Waals surface area contributed by atoms with Crippen LogP contribution in [0.4, 0.5) is 5.69 Å². The second-order valence-electron chi connectivity index (χ2n) is 4.54. The lowest BCUT2D eigenvalue weighted by Crippen LogP contribution is -2.14. The van der Waals surface area contributed by atoms with E-state index in [1.807, 2.05) is 30.5 Å². The maximum absolute atomic E-state index is 11.2. The molecule has 0 aliphatic carbocycles. The van der Waals surface area contributed by atoms with Gasteiger partial charge >= 0.3 is 0 Å². The van der Waals surface area contributed by atoms with Gasteiger partial charge < -0.3 is 11.5 Å². The van der Waals surface area contributed by atoms with E-state index in [0.29, 0.717) is 11.5 Å². The van der Waals surface area contributed by atoms with Gasteiger partial charge in [-0.3, -0.25) is 4.79 Å². The lowest BCUT2D eigenvalue weighted by molar-refractivity contribution is 0.0995. The number of carbonyl (C=O) groups excluding carboxylic acids is 1. The molecule has 3 aromatic rings. The zero-order valence-electron chi connectivity index (χ0n) is 11.1. The van der Waals surface area contributed by atoms with Gasteiger partial charge in [0.2, 0.25) is 0 Å². The van der Waals surface area contributed by atoms with Crippen LogP contribution in [0.25, 0.3) is 16.9 Å². The van der Waals surface area contributed by atoms with Crippen LogP contribution in [0.1, 0.15) is 10.5 Å². The highest BCUT2D eigenvalue weighted by Gasteiger charge is 2.07. The number of rotatable bonds is 3. The number of nitrogens with two attached hydrogens (primary N) is 2. The summed E-state index contributed by atoms with van der Waals surface area (Å²) in [7, 11) is 0. The Morgan fingerprint density at radius 1 is 1.10 bits per heavy atom. The SMILES string of the molecule is NC(=O)c1cccc(-n2cc(-c3cccc(N)c3)cn2)n1. The van der Waals surface area contributed by atoms with Crippen LogP contribution in [0.5, 0.6) is 0 Å². The van der Waals surface area contributed by atoms with Gasteiger partial charge in [-0.1, -0.05) is 18.2 Å². The maximum Gasteiger partial charge on any atom is 0.267 e. The molecular formula is C15H13N5O. The van der Waals surface area contributed by atoms with E-state index in [1.165, 1.54) is 0 Å². The molecular weight excluding hydrogens is 266 g/mol. The minimum Gasteiger partial charge on any atom is -0.399 e. The number of benzene rings is 1. The summed E-state index contributed by atoms with van der Waals surface area (Å²) in [6.07, 6.45) is 3.54. The van der Waals surface area contributed by atoms with Gasteiger partial charge in [0.1, 0.15) is 5.69 Å². The molecule has 1 amide bonds. The molecule has 0 radical (unpaired) electrons. The van der Waals surface area contributed by atoms with Crippen molar-refractivity contribution in [2.75, 3.05) is 5.73 Å². The Morgan fingerprint density at radius 2 is 1.90 bits per heavy atom. The Bertz CT molecular complexity index is 809. The van der Waals surface area contributed by atoms with Crippen molar-refractivity contribution < 1.29 is 4.79 Å². The molecule has 0 saturated heterocycles. The normalized spacial score (nSPS) is 10.5. The predicted octanol–water partition coefficient (Wildman–Crippen LogP) is 1.62. The van der Waals surface area contributed by atoms with Gasteiger partial charge in [-0.15, -0.1) is 0 Å². The van der Waals surface area contributed by atoms with E-state index in [2.05, 4.69) is 10.1 Å². The first-order chi connectivity index (χ1) is 10.1. The Labute approximate surface area is 121 Å². The Balaban J connectivity index is 1.98. The first-order valence-electron chi connectivity index (χ1n) is 6.31. The first kappa shape index (κ1) is 12.9. The summed E-state index contributed by atoms with van der Waals surface area (Å²) >= 11 is 0. The minimum atomic E-state index is -0.569. The molecule has 1 aromatic carbocycles. The number of nitrogen functional groups attached to an aromatic ring is 1. The molecule has 2 heterocycles. The fraction of sp³-hybridized carbons (Fsp3) is 0. The smallest absolute Gasteiger partial charge is 0.267 e. The third-order valence-corrected chi connectivity index (χ3v) is 3.02. The monoisotopic (exact) mass is 279 g/mol. The van der Waals surface area contributed by atoms with Gasteiger partial charge in [0.15, 0.2) is 5.82 Å². The Kier molecular flexibility index (Phi) is 3.12. The van der Waals surface area contributed by atoms with Crippen molar-refractivity contribution in [2.24, 2.45) is 5.73 Å². The van der Waals surface area contributed by atoms with Gasteiger partial charge in [-0.05, 0) is 29.8 Å². The largest absolute Gasteiger partial charge is 0.399 e. The van der Waals surface area contributed by atoms with E-state index in [1.54, 1.807) is 29.1 Å². The van der Waals surface area contributed by atoms with Crippen molar-refractivity contribution in [1.82, 2.24) is 14.8 Å². The molecule has 0 unspecified atom stereocenters. The van der Waals surface area contributed by atoms with E-state index in [0.717, 1.165) is 11.1 Å². The fourth-order valence-electron chi connectivity index (χ4n) is 2.00. The van der Waals surface area contributed by atoms with Crippen LogP contribution in [0.2, 0.25) is 0 Å². The molecule has 0 saturated carbocycles. The number of hydrogen-bond acceptors (Lipinski definition) is 4. The molecule has 0 spiro atoms. The number of anilines is 1. The van der Waals surface area contributed by atoms with Crippen molar-refractivity contribution in [2.45, 2.75) is 0 Å². The second-order valence-corrected chi connectivity index (χ2v) is 4.54. The topological polar surface area (TPSA) is 99.8 Å². The average Bonchev–Trinajstić information content (AvgIpc) is 2.97. The maximum atomic E-state index is 11.2. The number of primary amides is 1. The van der Waals surface area contributed by atoms with Crippen LogP contribution in [-0.2, 0) is 0 Å². The number of nitrogens with zero attached hydrogens (tertiary/aromatic N) is 3. The zero-order chi connectivity index (χ0) is 14.8. The molecule has 0 atom stereocenters. The van der Waals surface area contributed by atoms with Gasteiger partial charge in [0.25, 0.3) is 5.91 Å². The number of pyridine rings is 1. The summed E-state index contributed by atoms with van der Waals surface area (Å²) in [5.74, 6) is -0.0403. The molecule has 0 aliphatic rings. The highest BCUT2D eigenvalue weighted by Crippen LogP contribution is 2.21. The van der Waals surface area contributed by atoms with Gasteiger partial charge in [-0.25, -0.2) is 9.67 Å². The number of carbonyl (C=O) groups is 1. The average molecular weight is 279 g/mol. The molecule has 0 aliphatic heterocycles. The van der Waals surface area contributed by atoms with Crippen molar-refractivity contribution in [1.29, 1.82) is 0 Å². The molecule has 0 fully saturated rings. The molecule has 6 nitrogen and oxygen atoms in total. The van der Waals surface area contributed by atoms with Crippen LogP contribution < -0.4 is 11.5 Å². The first-order valence-corrected chi connectivity index (χ1v) is 6.31. The number of hydrogen-bond donors (Lipinski definition) is 2. The molecule has 2 aromatic heterocycles. The minimum absolute atomic E-state index is 0.202. The lowest BCUT2D eigenvalue weighted by Gasteiger charge is -2.02. The second kappa shape index (κ2) is 5.09. The van der Waals surface area contributed by atoms with Crippen LogP contribution in [0, 0.1) is 0 Å². The molecule has 0 bridgehead atoms. The standard InChI is InChI=1S/C15H13N5O/c16-12-4-1-3-10(7-12)11-8-18-20(9-11)14-6-2-5-13(19-14)15(17)21/h1-9H,16H2,(H2,17,21). The third kappa shape index (κ3) is 2.59. The van der Waals surface area contributed by atoms with E-state index in [4.69, 9.17) is 11.5 Å².